The first-order valence-electron chi connectivity index (χ1n) is 3.94. The molecule has 0 bridgehead atoms. The smallest absolute Gasteiger partial charge is 0.0926 e. The maximum absolute atomic E-state index is 5.07. The Morgan fingerprint density at radius 2 is 2.50 bits per heavy atom. The largest absolute Gasteiger partial charge is 0.301 e. The highest BCUT2D eigenvalue weighted by Gasteiger charge is 2.21. The van der Waals surface area contributed by atoms with E-state index in [0.717, 1.165) is 19.5 Å². The predicted octanol–water partition coefficient (Wildman–Crippen LogP) is 0.361. The third-order valence-electron chi connectivity index (χ3n) is 1.96. The Kier molecular flexibility index (Phi) is 3.12. The van der Waals surface area contributed by atoms with E-state index in [-0.39, 0.29) is 6.10 Å². The van der Waals surface area contributed by atoms with Crippen molar-refractivity contribution < 1.29 is 4.84 Å². The second kappa shape index (κ2) is 3.91. The average molecular weight is 144 g/mol. The average Bonchev–Trinajstić information content (AvgIpc) is 2.37. The van der Waals surface area contributed by atoms with Crippen molar-refractivity contribution in [1.29, 1.82) is 0 Å². The first-order valence-corrected chi connectivity index (χ1v) is 3.94. The standard InChI is InChI=1S/C7H16N2O/c1-2-4-9-5-3-7(6-9)10-8/h7H,2-6,8H2,1H3. The van der Waals surface area contributed by atoms with E-state index in [1.54, 1.807) is 0 Å². The minimum absolute atomic E-state index is 0.284. The highest BCUT2D eigenvalue weighted by Crippen LogP contribution is 2.10. The lowest BCUT2D eigenvalue weighted by Gasteiger charge is -2.12. The summed E-state index contributed by atoms with van der Waals surface area (Å²) in [6, 6.07) is 0. The first-order chi connectivity index (χ1) is 4.86. The van der Waals surface area contributed by atoms with Gasteiger partial charge in [0.1, 0.15) is 0 Å². The van der Waals surface area contributed by atoms with Crippen LogP contribution in [0.25, 0.3) is 0 Å². The number of rotatable bonds is 3. The highest BCUT2D eigenvalue weighted by molar-refractivity contribution is 4.74. The van der Waals surface area contributed by atoms with Gasteiger partial charge in [0, 0.05) is 13.1 Å². The Labute approximate surface area is 62.1 Å². The minimum atomic E-state index is 0.284. The SMILES string of the molecule is CCCN1CCC(ON)C1. The van der Waals surface area contributed by atoms with Crippen LogP contribution in [0.5, 0.6) is 0 Å². The van der Waals surface area contributed by atoms with Crippen LogP contribution in [0.1, 0.15) is 19.8 Å². The number of likely N-dealkylation sites (tertiary alicyclic amines) is 1. The number of hydrogen-bond acceptors (Lipinski definition) is 3. The van der Waals surface area contributed by atoms with E-state index in [0.29, 0.717) is 0 Å². The van der Waals surface area contributed by atoms with Gasteiger partial charge < -0.3 is 4.90 Å². The molecule has 1 heterocycles. The Morgan fingerprint density at radius 3 is 3.00 bits per heavy atom. The lowest BCUT2D eigenvalue weighted by molar-refractivity contribution is 0.0595. The topological polar surface area (TPSA) is 38.5 Å². The van der Waals surface area contributed by atoms with Gasteiger partial charge in [0.2, 0.25) is 0 Å². The second-order valence-corrected chi connectivity index (χ2v) is 2.85. The quantitative estimate of drug-likeness (QED) is 0.581. The van der Waals surface area contributed by atoms with Crippen LogP contribution in [0.3, 0.4) is 0 Å². The van der Waals surface area contributed by atoms with Crippen LogP contribution in [-0.2, 0) is 4.84 Å². The lowest BCUT2D eigenvalue weighted by atomic mass is 10.3. The Hall–Kier alpha value is -0.120. The molecule has 1 saturated heterocycles. The van der Waals surface area contributed by atoms with Gasteiger partial charge in [-0.3, -0.25) is 4.84 Å². The van der Waals surface area contributed by atoms with Gasteiger partial charge in [0.05, 0.1) is 6.10 Å². The molecule has 1 fully saturated rings. The molecular formula is C7H16N2O. The van der Waals surface area contributed by atoms with Crippen molar-refractivity contribution in [3.8, 4) is 0 Å². The maximum atomic E-state index is 5.07. The van der Waals surface area contributed by atoms with Crippen molar-refractivity contribution in [2.75, 3.05) is 19.6 Å². The van der Waals surface area contributed by atoms with Crippen LogP contribution < -0.4 is 5.90 Å². The monoisotopic (exact) mass is 144 g/mol. The van der Waals surface area contributed by atoms with Crippen LogP contribution in [-0.4, -0.2) is 30.6 Å². The lowest BCUT2D eigenvalue weighted by Crippen LogP contribution is -2.25. The number of nitrogens with two attached hydrogens (primary N) is 1. The molecule has 1 atom stereocenters. The molecule has 0 aromatic rings. The van der Waals surface area contributed by atoms with Gasteiger partial charge in [0.25, 0.3) is 0 Å². The summed E-state index contributed by atoms with van der Waals surface area (Å²) < 4.78 is 0. The van der Waals surface area contributed by atoms with Crippen LogP contribution >= 0.6 is 0 Å². The molecule has 0 aromatic carbocycles. The molecule has 1 rings (SSSR count). The van der Waals surface area contributed by atoms with Gasteiger partial charge in [-0.2, -0.15) is 0 Å². The van der Waals surface area contributed by atoms with E-state index in [9.17, 15) is 0 Å². The number of nitrogens with zero attached hydrogens (tertiary/aromatic N) is 1. The molecule has 0 saturated carbocycles. The minimum Gasteiger partial charge on any atom is -0.301 e. The fourth-order valence-electron chi connectivity index (χ4n) is 1.43. The van der Waals surface area contributed by atoms with Crippen LogP contribution in [0.4, 0.5) is 0 Å². The zero-order valence-corrected chi connectivity index (χ0v) is 6.55. The normalized spacial score (nSPS) is 27.6. The van der Waals surface area contributed by atoms with Crippen molar-refractivity contribution >= 4 is 0 Å². The zero-order valence-electron chi connectivity index (χ0n) is 6.55. The molecule has 0 aliphatic carbocycles. The van der Waals surface area contributed by atoms with E-state index in [4.69, 9.17) is 10.7 Å². The fraction of sp³-hybridized carbons (Fsp3) is 1.00. The van der Waals surface area contributed by atoms with E-state index in [1.807, 2.05) is 0 Å². The molecular weight excluding hydrogens is 128 g/mol. The second-order valence-electron chi connectivity index (χ2n) is 2.85. The van der Waals surface area contributed by atoms with Crippen molar-refractivity contribution in [3.05, 3.63) is 0 Å². The molecule has 3 heteroatoms. The van der Waals surface area contributed by atoms with Crippen LogP contribution in [0.2, 0.25) is 0 Å². The van der Waals surface area contributed by atoms with Crippen molar-refractivity contribution in [2.45, 2.75) is 25.9 Å². The van der Waals surface area contributed by atoms with E-state index < -0.39 is 0 Å². The maximum Gasteiger partial charge on any atom is 0.0926 e. The van der Waals surface area contributed by atoms with Gasteiger partial charge in [-0.25, -0.2) is 5.90 Å². The third-order valence-corrected chi connectivity index (χ3v) is 1.96. The molecule has 0 radical (unpaired) electrons. The zero-order chi connectivity index (χ0) is 7.40. The van der Waals surface area contributed by atoms with Crippen molar-refractivity contribution in [2.24, 2.45) is 5.90 Å². The molecule has 3 nitrogen and oxygen atoms in total. The molecule has 2 N–H and O–H groups in total. The molecule has 0 amide bonds. The van der Waals surface area contributed by atoms with Crippen molar-refractivity contribution in [1.82, 2.24) is 4.90 Å². The molecule has 1 unspecified atom stereocenters. The summed E-state index contributed by atoms with van der Waals surface area (Å²) in [4.78, 5) is 7.13. The molecule has 60 valence electrons. The Balaban J connectivity index is 2.15. The van der Waals surface area contributed by atoms with Gasteiger partial charge >= 0.3 is 0 Å². The summed E-state index contributed by atoms with van der Waals surface area (Å²) >= 11 is 0. The summed E-state index contributed by atoms with van der Waals surface area (Å²) in [6.45, 7) is 5.54. The molecule has 0 spiro atoms. The van der Waals surface area contributed by atoms with Gasteiger partial charge in [-0.05, 0) is 19.4 Å². The van der Waals surface area contributed by atoms with Gasteiger partial charge in [-0.1, -0.05) is 6.92 Å². The Morgan fingerprint density at radius 1 is 1.70 bits per heavy atom. The van der Waals surface area contributed by atoms with E-state index >= 15 is 0 Å². The molecule has 1 aliphatic rings. The molecule has 0 aromatic heterocycles. The molecule has 10 heavy (non-hydrogen) atoms. The highest BCUT2D eigenvalue weighted by atomic mass is 16.6. The summed E-state index contributed by atoms with van der Waals surface area (Å²) in [6.07, 6.45) is 2.60. The fourth-order valence-corrected chi connectivity index (χ4v) is 1.43. The summed E-state index contributed by atoms with van der Waals surface area (Å²) in [5.74, 6) is 5.07. The molecule has 1 aliphatic heterocycles. The summed E-state index contributed by atoms with van der Waals surface area (Å²) in [5, 5.41) is 0. The van der Waals surface area contributed by atoms with E-state index in [2.05, 4.69) is 11.8 Å². The third kappa shape index (κ3) is 1.94. The number of hydrogen-bond donors (Lipinski definition) is 1. The Bertz CT molecular complexity index is 97.6. The summed E-state index contributed by atoms with van der Waals surface area (Å²) in [7, 11) is 0. The van der Waals surface area contributed by atoms with Crippen LogP contribution in [0, 0.1) is 0 Å². The first kappa shape index (κ1) is 7.98. The van der Waals surface area contributed by atoms with Crippen molar-refractivity contribution in [3.63, 3.8) is 0 Å². The van der Waals surface area contributed by atoms with Gasteiger partial charge in [-0.15, -0.1) is 0 Å². The van der Waals surface area contributed by atoms with E-state index in [1.165, 1.54) is 13.0 Å². The van der Waals surface area contributed by atoms with Crippen LogP contribution in [0.15, 0.2) is 0 Å². The predicted molar refractivity (Wildman–Crippen MR) is 40.4 cm³/mol. The van der Waals surface area contributed by atoms with Gasteiger partial charge in [0.15, 0.2) is 0 Å². The summed E-state index contributed by atoms with van der Waals surface area (Å²) in [5.41, 5.74) is 0.